The van der Waals surface area contributed by atoms with E-state index in [2.05, 4.69) is 4.72 Å². The van der Waals surface area contributed by atoms with E-state index in [0.29, 0.717) is 30.8 Å². The summed E-state index contributed by atoms with van der Waals surface area (Å²) in [6.07, 6.45) is 2.23. The molecule has 3 aromatic carbocycles. The number of nitrogens with zero attached hydrogens (tertiary/aromatic N) is 2. The lowest BCUT2D eigenvalue weighted by Crippen LogP contribution is -2.48. The average Bonchev–Trinajstić information content (AvgIpc) is 3.34. The highest BCUT2D eigenvalue weighted by atomic mass is 32.2. The van der Waals surface area contributed by atoms with Gasteiger partial charge in [0.2, 0.25) is 21.8 Å². The molecule has 1 N–H and O–H groups in total. The number of sulfonamides is 1. The van der Waals surface area contributed by atoms with Gasteiger partial charge in [0.15, 0.2) is 0 Å². The van der Waals surface area contributed by atoms with Crippen LogP contribution in [0.25, 0.3) is 0 Å². The highest BCUT2D eigenvalue weighted by molar-refractivity contribution is 7.89. The van der Waals surface area contributed by atoms with Gasteiger partial charge in [-0.1, -0.05) is 67.1 Å². The molecular formula is C27H27N3O4S. The van der Waals surface area contributed by atoms with E-state index in [1.165, 1.54) is 12.1 Å². The Balaban J connectivity index is 1.48. The van der Waals surface area contributed by atoms with Crippen molar-refractivity contribution in [2.24, 2.45) is 5.92 Å². The molecule has 3 aromatic rings. The van der Waals surface area contributed by atoms with Crippen molar-refractivity contribution in [3.05, 3.63) is 90.5 Å². The van der Waals surface area contributed by atoms with Crippen LogP contribution in [0, 0.1) is 5.92 Å². The number of carbonyl (C=O) groups excluding carboxylic acids is 2. The minimum atomic E-state index is -3.84. The Hall–Kier alpha value is -3.49. The van der Waals surface area contributed by atoms with Gasteiger partial charge in [-0.15, -0.1) is 0 Å². The molecule has 5 rings (SSSR count). The van der Waals surface area contributed by atoms with E-state index in [1.807, 2.05) is 54.6 Å². The van der Waals surface area contributed by atoms with Crippen LogP contribution < -0.4 is 14.5 Å². The van der Waals surface area contributed by atoms with Crippen LogP contribution in [0.2, 0.25) is 0 Å². The van der Waals surface area contributed by atoms with Gasteiger partial charge in [0.1, 0.15) is 0 Å². The lowest BCUT2D eigenvalue weighted by Gasteiger charge is -2.30. The first-order chi connectivity index (χ1) is 17.0. The number of para-hydroxylation sites is 2. The third kappa shape index (κ3) is 4.59. The van der Waals surface area contributed by atoms with Crippen LogP contribution in [0.15, 0.2) is 89.8 Å². The molecule has 0 saturated heterocycles. The highest BCUT2D eigenvalue weighted by Crippen LogP contribution is 2.43. The summed E-state index contributed by atoms with van der Waals surface area (Å²) in [5.41, 5.74) is 2.30. The molecule has 35 heavy (non-hydrogen) atoms. The van der Waals surface area contributed by atoms with Gasteiger partial charge >= 0.3 is 0 Å². The molecule has 1 saturated carbocycles. The van der Waals surface area contributed by atoms with E-state index >= 15 is 0 Å². The summed E-state index contributed by atoms with van der Waals surface area (Å²) in [5, 5.41) is 0. The lowest BCUT2D eigenvalue weighted by molar-refractivity contribution is -0.123. The van der Waals surface area contributed by atoms with Crippen LogP contribution in [0.3, 0.4) is 0 Å². The third-order valence-electron chi connectivity index (χ3n) is 6.75. The third-order valence-corrected chi connectivity index (χ3v) is 8.16. The largest absolute Gasteiger partial charge is 0.306 e. The Bertz CT molecular complexity index is 1330. The van der Waals surface area contributed by atoms with Crippen molar-refractivity contribution in [1.29, 1.82) is 0 Å². The Morgan fingerprint density at radius 1 is 0.857 bits per heavy atom. The van der Waals surface area contributed by atoms with Crippen molar-refractivity contribution in [3.63, 3.8) is 0 Å². The van der Waals surface area contributed by atoms with E-state index < -0.39 is 10.0 Å². The molecule has 180 valence electrons. The molecule has 1 aliphatic heterocycles. The van der Waals surface area contributed by atoms with E-state index in [9.17, 15) is 18.0 Å². The topological polar surface area (TPSA) is 86.8 Å². The maximum absolute atomic E-state index is 13.7. The van der Waals surface area contributed by atoms with Gasteiger partial charge in [0.25, 0.3) is 0 Å². The molecule has 0 aromatic heterocycles. The van der Waals surface area contributed by atoms with Gasteiger partial charge < -0.3 is 9.80 Å². The predicted molar refractivity (Wildman–Crippen MR) is 134 cm³/mol. The van der Waals surface area contributed by atoms with E-state index in [1.54, 1.807) is 28.0 Å². The maximum atomic E-state index is 13.7. The second kappa shape index (κ2) is 9.64. The van der Waals surface area contributed by atoms with E-state index in [0.717, 1.165) is 12.0 Å². The van der Waals surface area contributed by atoms with Gasteiger partial charge in [-0.2, -0.15) is 0 Å². The minimum Gasteiger partial charge on any atom is -0.306 e. The van der Waals surface area contributed by atoms with Gasteiger partial charge in [-0.25, -0.2) is 13.1 Å². The van der Waals surface area contributed by atoms with Crippen molar-refractivity contribution in [2.45, 2.75) is 36.7 Å². The lowest BCUT2D eigenvalue weighted by atomic mass is 10.0. The number of benzene rings is 3. The summed E-state index contributed by atoms with van der Waals surface area (Å²) < 4.78 is 27.9. The van der Waals surface area contributed by atoms with Gasteiger partial charge in [0.05, 0.1) is 35.3 Å². The Morgan fingerprint density at radius 3 is 2.20 bits per heavy atom. The van der Waals surface area contributed by atoms with Gasteiger partial charge in [-0.05, 0) is 42.7 Å². The van der Waals surface area contributed by atoms with Crippen LogP contribution >= 0.6 is 0 Å². The highest BCUT2D eigenvalue weighted by Gasteiger charge is 2.45. The number of hydrogen-bond donors (Lipinski definition) is 1. The quantitative estimate of drug-likeness (QED) is 0.572. The summed E-state index contributed by atoms with van der Waals surface area (Å²) >= 11 is 0. The van der Waals surface area contributed by atoms with Gasteiger partial charge in [0, 0.05) is 6.04 Å². The number of carbonyl (C=O) groups is 2. The Kier molecular flexibility index (Phi) is 6.40. The molecule has 0 unspecified atom stereocenters. The zero-order chi connectivity index (χ0) is 24.4. The van der Waals surface area contributed by atoms with Crippen molar-refractivity contribution in [1.82, 2.24) is 4.72 Å². The fourth-order valence-electron chi connectivity index (χ4n) is 5.10. The smallest absolute Gasteiger partial charge is 0.242 e. The van der Waals surface area contributed by atoms with Crippen molar-refractivity contribution in [3.8, 4) is 0 Å². The molecule has 0 bridgehead atoms. The first-order valence-corrected chi connectivity index (χ1v) is 13.2. The molecule has 2 aliphatic rings. The first-order valence-electron chi connectivity index (χ1n) is 11.8. The summed E-state index contributed by atoms with van der Waals surface area (Å²) in [6, 6.07) is 24.8. The van der Waals surface area contributed by atoms with Crippen molar-refractivity contribution in [2.75, 3.05) is 16.3 Å². The fourth-order valence-corrected chi connectivity index (χ4v) is 6.10. The van der Waals surface area contributed by atoms with E-state index in [4.69, 9.17) is 0 Å². The monoisotopic (exact) mass is 489 g/mol. The SMILES string of the molecule is O=C1[C@H]2CCC[C@H]2N(C(=O)CNS(=O)(=O)c2ccccc2)c2ccccc2N1Cc1ccccc1. The number of anilines is 2. The molecular weight excluding hydrogens is 462 g/mol. The van der Waals surface area contributed by atoms with Gasteiger partial charge in [-0.3, -0.25) is 9.59 Å². The number of fused-ring (bicyclic) bond motifs is 2. The maximum Gasteiger partial charge on any atom is 0.242 e. The van der Waals surface area contributed by atoms with Crippen LogP contribution in [0.5, 0.6) is 0 Å². The number of hydrogen-bond acceptors (Lipinski definition) is 4. The predicted octanol–water partition coefficient (Wildman–Crippen LogP) is 3.71. The number of amides is 2. The molecule has 0 radical (unpaired) electrons. The van der Waals surface area contributed by atoms with E-state index in [-0.39, 0.29) is 35.2 Å². The molecule has 1 heterocycles. The summed E-state index contributed by atoms with van der Waals surface area (Å²) in [6.45, 7) is 0.0181. The summed E-state index contributed by atoms with van der Waals surface area (Å²) in [4.78, 5) is 30.8. The number of nitrogens with one attached hydrogen (secondary N) is 1. The molecule has 1 fully saturated rings. The van der Waals surface area contributed by atoms with Crippen LogP contribution in [-0.4, -0.2) is 32.8 Å². The summed E-state index contributed by atoms with van der Waals surface area (Å²) in [7, 11) is -3.84. The van der Waals surface area contributed by atoms with Crippen LogP contribution in [-0.2, 0) is 26.2 Å². The number of rotatable bonds is 6. The molecule has 1 aliphatic carbocycles. The van der Waals surface area contributed by atoms with Crippen LogP contribution in [0.4, 0.5) is 11.4 Å². The second-order valence-corrected chi connectivity index (χ2v) is 10.7. The first kappa shape index (κ1) is 23.3. The fraction of sp³-hybridized carbons (Fsp3) is 0.259. The molecule has 0 spiro atoms. The zero-order valence-corrected chi connectivity index (χ0v) is 20.0. The summed E-state index contributed by atoms with van der Waals surface area (Å²) in [5.74, 6) is -0.701. The molecule has 7 nitrogen and oxygen atoms in total. The minimum absolute atomic E-state index is 0.00368. The van der Waals surface area contributed by atoms with Crippen molar-refractivity contribution < 1.29 is 18.0 Å². The Morgan fingerprint density at radius 2 is 1.49 bits per heavy atom. The molecule has 2 amide bonds. The second-order valence-electron chi connectivity index (χ2n) is 8.90. The molecule has 2 atom stereocenters. The normalized spacial score (nSPS) is 19.7. The van der Waals surface area contributed by atoms with Crippen LogP contribution in [0.1, 0.15) is 24.8 Å². The zero-order valence-electron chi connectivity index (χ0n) is 19.2. The van der Waals surface area contributed by atoms with Crippen molar-refractivity contribution >= 4 is 33.2 Å². The Labute approximate surface area is 205 Å². The average molecular weight is 490 g/mol. The molecule has 8 heteroatoms. The standard InChI is InChI=1S/C27H27N3O4S/c31-26(18-28-35(33,34)21-12-5-2-6-13-21)30-23-17-9-14-22(23)27(32)29(19-20-10-3-1-4-11-20)24-15-7-8-16-25(24)30/h1-8,10-13,15-16,22-23,28H,9,14,17-19H2/t22-,23+/m0/s1.